The molecule has 162 valence electrons. The largest absolute Gasteiger partial charge is 0.353 e. The van der Waals surface area contributed by atoms with Crippen LogP contribution in [-0.2, 0) is 11.3 Å². The summed E-state index contributed by atoms with van der Waals surface area (Å²) < 4.78 is 2.44. The normalized spacial score (nSPS) is 14.2. The minimum Gasteiger partial charge on any atom is -0.353 e. The minimum absolute atomic E-state index is 0.132. The lowest BCUT2D eigenvalue weighted by Gasteiger charge is -2.35. The van der Waals surface area contributed by atoms with Gasteiger partial charge in [0.1, 0.15) is 11.6 Å². The number of nitrogens with one attached hydrogen (secondary N) is 1. The first-order valence-electron chi connectivity index (χ1n) is 10.5. The number of carbonyl (C=O) groups excluding carboxylic acids is 1. The molecule has 1 N–H and O–H groups in total. The van der Waals surface area contributed by atoms with Gasteiger partial charge in [0.15, 0.2) is 10.6 Å². The molecule has 0 radical (unpaired) electrons. The van der Waals surface area contributed by atoms with E-state index in [1.807, 2.05) is 54.5 Å². The monoisotopic (exact) mass is 437 g/mol. The van der Waals surface area contributed by atoms with Crippen LogP contribution < -0.4 is 4.90 Å². The number of benzene rings is 1. The molecule has 0 saturated carbocycles. The predicted octanol–water partition coefficient (Wildman–Crippen LogP) is 3.06. The first-order chi connectivity index (χ1) is 14.9. The van der Waals surface area contributed by atoms with Crippen LogP contribution in [0.4, 0.5) is 5.82 Å². The molecule has 0 aliphatic carbocycles. The maximum Gasteiger partial charge on any atom is 0.224 e. The highest BCUT2D eigenvalue weighted by Crippen LogP contribution is 2.20. The van der Waals surface area contributed by atoms with Crippen LogP contribution in [0, 0.1) is 25.5 Å². The Balaban J connectivity index is 1.37. The van der Waals surface area contributed by atoms with E-state index in [0.717, 1.165) is 47.4 Å². The summed E-state index contributed by atoms with van der Waals surface area (Å²) in [7, 11) is 0. The third-order valence-corrected chi connectivity index (χ3v) is 5.80. The molecule has 1 fully saturated rings. The number of nitrogens with zero attached hydrogens (tertiary/aromatic N) is 6. The Bertz CT molecular complexity index is 1120. The first kappa shape index (κ1) is 21.2. The fraction of sp³-hybridized carbons (Fsp3) is 0.409. The highest BCUT2D eigenvalue weighted by atomic mass is 32.1. The molecule has 1 aromatic carbocycles. The molecule has 0 bridgehead atoms. The van der Waals surface area contributed by atoms with Gasteiger partial charge < -0.3 is 9.80 Å². The molecule has 1 saturated heterocycles. The Morgan fingerprint density at radius 2 is 1.87 bits per heavy atom. The van der Waals surface area contributed by atoms with Crippen molar-refractivity contribution in [1.82, 2.24) is 29.6 Å². The molecule has 1 aliphatic rings. The zero-order valence-electron chi connectivity index (χ0n) is 18.1. The van der Waals surface area contributed by atoms with E-state index in [-0.39, 0.29) is 5.91 Å². The lowest BCUT2D eigenvalue weighted by atomic mass is 10.1. The van der Waals surface area contributed by atoms with Gasteiger partial charge in [-0.3, -0.25) is 14.5 Å². The zero-order chi connectivity index (χ0) is 22.0. The number of amides is 1. The van der Waals surface area contributed by atoms with Crippen LogP contribution in [0.3, 0.4) is 0 Å². The van der Waals surface area contributed by atoms with E-state index in [4.69, 9.17) is 12.2 Å². The second-order valence-corrected chi connectivity index (χ2v) is 8.29. The number of carbonyl (C=O) groups is 1. The van der Waals surface area contributed by atoms with Crippen molar-refractivity contribution in [2.75, 3.05) is 31.1 Å². The van der Waals surface area contributed by atoms with E-state index < -0.39 is 0 Å². The van der Waals surface area contributed by atoms with E-state index in [2.05, 4.69) is 31.1 Å². The Labute approximate surface area is 186 Å². The van der Waals surface area contributed by atoms with Crippen LogP contribution in [0.25, 0.3) is 11.4 Å². The highest BCUT2D eigenvalue weighted by molar-refractivity contribution is 7.71. The minimum atomic E-state index is 0.132. The molecular formula is C22H27N7OS. The van der Waals surface area contributed by atoms with Gasteiger partial charge in [0, 0.05) is 56.5 Å². The van der Waals surface area contributed by atoms with Gasteiger partial charge in [0.2, 0.25) is 5.91 Å². The van der Waals surface area contributed by atoms with Gasteiger partial charge in [0.25, 0.3) is 0 Å². The average molecular weight is 438 g/mol. The summed E-state index contributed by atoms with van der Waals surface area (Å²) >= 11 is 5.41. The van der Waals surface area contributed by atoms with Crippen molar-refractivity contribution in [2.45, 2.75) is 33.7 Å². The Morgan fingerprint density at radius 1 is 1.10 bits per heavy atom. The summed E-state index contributed by atoms with van der Waals surface area (Å²) in [5.41, 5.74) is 3.10. The van der Waals surface area contributed by atoms with Crippen molar-refractivity contribution in [3.8, 4) is 11.4 Å². The van der Waals surface area contributed by atoms with Crippen molar-refractivity contribution in [1.29, 1.82) is 0 Å². The second-order valence-electron chi connectivity index (χ2n) is 7.91. The van der Waals surface area contributed by atoms with Crippen LogP contribution in [0.5, 0.6) is 0 Å². The van der Waals surface area contributed by atoms with Crippen molar-refractivity contribution >= 4 is 23.9 Å². The van der Waals surface area contributed by atoms with Gasteiger partial charge in [-0.1, -0.05) is 23.8 Å². The zero-order valence-corrected chi connectivity index (χ0v) is 18.9. The number of hydrogen-bond donors (Lipinski definition) is 1. The quantitative estimate of drug-likeness (QED) is 0.618. The smallest absolute Gasteiger partial charge is 0.224 e. The molecule has 0 atom stereocenters. The van der Waals surface area contributed by atoms with E-state index >= 15 is 0 Å². The van der Waals surface area contributed by atoms with Crippen LogP contribution in [0.1, 0.15) is 23.5 Å². The van der Waals surface area contributed by atoms with Crippen molar-refractivity contribution in [3.63, 3.8) is 0 Å². The van der Waals surface area contributed by atoms with Gasteiger partial charge >= 0.3 is 0 Å². The van der Waals surface area contributed by atoms with E-state index in [1.54, 1.807) is 0 Å². The first-order valence-corrected chi connectivity index (χ1v) is 10.9. The van der Waals surface area contributed by atoms with Crippen molar-refractivity contribution in [2.24, 2.45) is 0 Å². The molecular weight excluding hydrogens is 410 g/mol. The third-order valence-electron chi connectivity index (χ3n) is 5.49. The van der Waals surface area contributed by atoms with Crippen LogP contribution in [-0.4, -0.2) is 61.7 Å². The van der Waals surface area contributed by atoms with Gasteiger partial charge in [-0.15, -0.1) is 0 Å². The third kappa shape index (κ3) is 4.82. The standard InChI is InChI=1S/C22H27N7OS/c1-15-5-4-6-18(13-15)21-25-26-22(31)29(21)8-7-20(30)28-11-9-27(10-12-28)19-14-16(2)23-17(3)24-19/h4-6,13-14H,7-12H2,1-3H3,(H,26,31). The summed E-state index contributed by atoms with van der Waals surface area (Å²) in [6.07, 6.45) is 0.387. The molecule has 3 aromatic rings. The number of rotatable bonds is 5. The second kappa shape index (κ2) is 8.97. The maximum absolute atomic E-state index is 12.9. The predicted molar refractivity (Wildman–Crippen MR) is 123 cm³/mol. The topological polar surface area (TPSA) is 82.9 Å². The molecule has 1 aliphatic heterocycles. The lowest BCUT2D eigenvalue weighted by Crippen LogP contribution is -2.49. The Kier molecular flexibility index (Phi) is 6.13. The summed E-state index contributed by atoms with van der Waals surface area (Å²) in [6.45, 7) is 9.32. The molecule has 0 unspecified atom stereocenters. The SMILES string of the molecule is Cc1cccc(-c2n[nH]c(=S)n2CCC(=O)N2CCN(c3cc(C)nc(C)n3)CC2)c1. The Morgan fingerprint density at radius 3 is 2.58 bits per heavy atom. The molecule has 2 aromatic heterocycles. The van der Waals surface area contributed by atoms with Crippen LogP contribution in [0.15, 0.2) is 30.3 Å². The average Bonchev–Trinajstić information content (AvgIpc) is 3.12. The van der Waals surface area contributed by atoms with Gasteiger partial charge in [-0.05, 0) is 39.1 Å². The van der Waals surface area contributed by atoms with Crippen LogP contribution >= 0.6 is 12.2 Å². The fourth-order valence-electron chi connectivity index (χ4n) is 3.94. The number of hydrogen-bond acceptors (Lipinski definition) is 6. The molecule has 3 heterocycles. The van der Waals surface area contributed by atoms with Crippen LogP contribution in [0.2, 0.25) is 0 Å². The molecule has 8 nitrogen and oxygen atoms in total. The molecule has 31 heavy (non-hydrogen) atoms. The summed E-state index contributed by atoms with van der Waals surface area (Å²) in [4.78, 5) is 25.9. The number of piperazine rings is 1. The fourth-order valence-corrected chi connectivity index (χ4v) is 4.16. The molecule has 1 amide bonds. The molecule has 9 heteroatoms. The number of aryl methyl sites for hydroxylation is 3. The number of anilines is 1. The van der Waals surface area contributed by atoms with Crippen molar-refractivity contribution in [3.05, 3.63) is 52.2 Å². The summed E-state index contributed by atoms with van der Waals surface area (Å²) in [5.74, 6) is 2.60. The van der Waals surface area contributed by atoms with Gasteiger partial charge in [0.05, 0.1) is 0 Å². The van der Waals surface area contributed by atoms with E-state index in [0.29, 0.717) is 30.8 Å². The lowest BCUT2D eigenvalue weighted by molar-refractivity contribution is -0.131. The van der Waals surface area contributed by atoms with Crippen molar-refractivity contribution < 1.29 is 4.79 Å². The summed E-state index contributed by atoms with van der Waals surface area (Å²) in [5, 5.41) is 7.24. The number of aromatic amines is 1. The van der Waals surface area contributed by atoms with E-state index in [9.17, 15) is 4.79 Å². The van der Waals surface area contributed by atoms with Gasteiger partial charge in [-0.2, -0.15) is 5.10 Å². The molecule has 0 spiro atoms. The summed E-state index contributed by atoms with van der Waals surface area (Å²) in [6, 6.07) is 10.1. The Hall–Kier alpha value is -3.07. The number of H-pyrrole nitrogens is 1. The number of aromatic nitrogens is 5. The van der Waals surface area contributed by atoms with Gasteiger partial charge in [-0.25, -0.2) is 9.97 Å². The highest BCUT2D eigenvalue weighted by Gasteiger charge is 2.22. The van der Waals surface area contributed by atoms with E-state index in [1.165, 1.54) is 0 Å². The molecule has 4 rings (SSSR count). The maximum atomic E-state index is 12.9.